The van der Waals surface area contributed by atoms with E-state index in [-0.39, 0.29) is 34.6 Å². The van der Waals surface area contributed by atoms with Crippen LogP contribution in [0.1, 0.15) is 41.4 Å². The summed E-state index contributed by atoms with van der Waals surface area (Å²) in [5, 5.41) is 41.7. The summed E-state index contributed by atoms with van der Waals surface area (Å²) in [6, 6.07) is 21.3. The number of H-pyrrole nitrogens is 2. The van der Waals surface area contributed by atoms with E-state index in [1.807, 2.05) is 24.3 Å². The van der Waals surface area contributed by atoms with Crippen LogP contribution in [0, 0.1) is 0 Å². The minimum Gasteiger partial charge on any atom is -0.478 e. The van der Waals surface area contributed by atoms with Gasteiger partial charge in [0, 0.05) is 43.8 Å². The molecule has 0 saturated heterocycles. The predicted octanol–water partition coefficient (Wildman–Crippen LogP) is 5.66. The fraction of sp³-hybridized carbons (Fsp3) is 0. The van der Waals surface area contributed by atoms with E-state index in [2.05, 4.69) is 29.9 Å². The van der Waals surface area contributed by atoms with Crippen LogP contribution in [0.5, 0.6) is 0 Å². The first kappa shape index (κ1) is 30.2. The summed E-state index contributed by atoms with van der Waals surface area (Å²) in [4.78, 5) is 85.4. The molecule has 250 valence electrons. The summed E-state index contributed by atoms with van der Waals surface area (Å²) in [6.07, 6.45) is 0. The average molecular weight is 691 g/mol. The first-order valence-corrected chi connectivity index (χ1v) is 15.4. The lowest BCUT2D eigenvalue weighted by Gasteiger charge is -2.12. The maximum atomic E-state index is 12.9. The molecule has 0 spiro atoms. The largest absolute Gasteiger partial charge is 0.478 e. The van der Waals surface area contributed by atoms with Crippen molar-refractivity contribution in [1.82, 2.24) is 39.9 Å². The SMILES string of the molecule is O=C(O)c1c(C(=O)O)c(C(=O)O)c2c3nc4nc(nc5[nH]c(nc6nc(nc([nH]3)c2c1C(=O)O)-c1ccccc1-6)c1ccccc51)-c1ccccc1-4. The lowest BCUT2D eigenvalue weighted by atomic mass is 9.90. The Morgan fingerprint density at radius 1 is 0.385 bits per heavy atom. The number of hydrogen-bond donors (Lipinski definition) is 6. The molecule has 0 amide bonds. The van der Waals surface area contributed by atoms with Crippen molar-refractivity contribution in [3.63, 3.8) is 0 Å². The Labute approximate surface area is 287 Å². The number of aromatic amines is 2. The minimum absolute atomic E-state index is 0.0171. The highest BCUT2D eigenvalue weighted by molar-refractivity contribution is 6.28. The molecule has 5 heterocycles. The van der Waals surface area contributed by atoms with Gasteiger partial charge in [0.15, 0.2) is 23.3 Å². The Hall–Kier alpha value is -7.88. The van der Waals surface area contributed by atoms with E-state index < -0.39 is 56.9 Å². The number of carboxylic acid groups (broad SMARTS) is 4. The van der Waals surface area contributed by atoms with Crippen molar-refractivity contribution in [2.45, 2.75) is 0 Å². The van der Waals surface area contributed by atoms with Crippen LogP contribution >= 0.6 is 0 Å². The molecule has 0 fully saturated rings. The maximum absolute atomic E-state index is 12.9. The monoisotopic (exact) mass is 690 g/mol. The number of aromatic nitrogens is 8. The summed E-state index contributed by atoms with van der Waals surface area (Å²) >= 11 is 0. The third-order valence-electron chi connectivity index (χ3n) is 8.85. The third kappa shape index (κ3) is 4.27. The minimum atomic E-state index is -1.98. The van der Waals surface area contributed by atoms with E-state index in [4.69, 9.17) is 9.97 Å². The molecule has 8 bridgehead atoms. The fourth-order valence-corrected chi connectivity index (χ4v) is 6.76. The number of aromatic carboxylic acids is 4. The second-order valence-electron chi connectivity index (χ2n) is 11.7. The Balaban J connectivity index is 1.59. The van der Waals surface area contributed by atoms with Gasteiger partial charge >= 0.3 is 23.9 Å². The molecule has 4 aromatic carbocycles. The normalized spacial score (nSPS) is 11.7. The fourth-order valence-electron chi connectivity index (χ4n) is 6.76. The summed E-state index contributed by atoms with van der Waals surface area (Å²) in [7, 11) is 0. The van der Waals surface area contributed by atoms with Gasteiger partial charge in [-0.15, -0.1) is 0 Å². The number of carboxylic acids is 4. The van der Waals surface area contributed by atoms with E-state index in [1.54, 1.807) is 48.5 Å². The van der Waals surface area contributed by atoms with Gasteiger partial charge in [-0.2, -0.15) is 0 Å². The zero-order valence-corrected chi connectivity index (χ0v) is 26.0. The second kappa shape index (κ2) is 10.8. The molecule has 6 N–H and O–H groups in total. The number of benzene rings is 4. The van der Waals surface area contributed by atoms with Crippen molar-refractivity contribution in [3.8, 4) is 45.6 Å². The molecule has 0 saturated carbocycles. The van der Waals surface area contributed by atoms with Crippen LogP contribution < -0.4 is 0 Å². The number of hydrogen-bond acceptors (Lipinski definition) is 10. The smallest absolute Gasteiger partial charge is 0.337 e. The van der Waals surface area contributed by atoms with Gasteiger partial charge in [0.2, 0.25) is 0 Å². The van der Waals surface area contributed by atoms with Gasteiger partial charge < -0.3 is 30.4 Å². The van der Waals surface area contributed by atoms with Crippen molar-refractivity contribution in [2.24, 2.45) is 0 Å². The summed E-state index contributed by atoms with van der Waals surface area (Å²) in [5.41, 5.74) is -2.31. The number of rotatable bonds is 4. The Bertz CT molecular complexity index is 2810. The van der Waals surface area contributed by atoms with Gasteiger partial charge in [-0.05, 0) is 0 Å². The summed E-state index contributed by atoms with van der Waals surface area (Å²) in [5.74, 6) is -7.17. The highest BCUT2D eigenvalue weighted by atomic mass is 16.4. The number of nitrogens with zero attached hydrogens (tertiary/aromatic N) is 6. The molecule has 0 aliphatic carbocycles. The quantitative estimate of drug-likeness (QED) is 0.130. The molecular weight excluding hydrogens is 672 g/mol. The highest BCUT2D eigenvalue weighted by Gasteiger charge is 2.36. The number of carbonyl (C=O) groups is 4. The van der Waals surface area contributed by atoms with Gasteiger partial charge in [-0.3, -0.25) is 0 Å². The van der Waals surface area contributed by atoms with Crippen LogP contribution in [0.2, 0.25) is 0 Å². The molecule has 7 aromatic rings. The van der Waals surface area contributed by atoms with Gasteiger partial charge in [0.1, 0.15) is 22.6 Å². The molecule has 0 radical (unpaired) electrons. The second-order valence-corrected chi connectivity index (χ2v) is 11.7. The Morgan fingerprint density at radius 2 is 0.673 bits per heavy atom. The molecule has 0 atom stereocenters. The van der Waals surface area contributed by atoms with E-state index in [9.17, 15) is 39.6 Å². The molecule has 16 heteroatoms. The van der Waals surface area contributed by atoms with Crippen molar-refractivity contribution in [3.05, 3.63) is 95.1 Å². The molecule has 2 aliphatic rings. The molecule has 9 rings (SSSR count). The van der Waals surface area contributed by atoms with Crippen molar-refractivity contribution < 1.29 is 39.6 Å². The van der Waals surface area contributed by atoms with Crippen LogP contribution in [0.25, 0.3) is 89.7 Å². The number of nitrogens with one attached hydrogen (secondary N) is 2. The Morgan fingerprint density at radius 3 is 1.00 bits per heavy atom. The van der Waals surface area contributed by atoms with E-state index >= 15 is 0 Å². The average Bonchev–Trinajstić information content (AvgIpc) is 3.86. The first-order chi connectivity index (χ1) is 25.1. The predicted molar refractivity (Wildman–Crippen MR) is 184 cm³/mol. The highest BCUT2D eigenvalue weighted by Crippen LogP contribution is 2.40. The molecule has 52 heavy (non-hydrogen) atoms. The van der Waals surface area contributed by atoms with E-state index in [0.29, 0.717) is 33.5 Å². The lowest BCUT2D eigenvalue weighted by Crippen LogP contribution is -2.20. The molecular formula is C36H18N8O8. The molecule has 16 nitrogen and oxygen atoms in total. The van der Waals surface area contributed by atoms with Crippen molar-refractivity contribution in [2.75, 3.05) is 0 Å². The topological polar surface area (TPSA) is 258 Å². The van der Waals surface area contributed by atoms with Crippen LogP contribution in [0.3, 0.4) is 0 Å². The van der Waals surface area contributed by atoms with E-state index in [0.717, 1.165) is 10.8 Å². The zero-order chi connectivity index (χ0) is 36.0. The van der Waals surface area contributed by atoms with Crippen LogP contribution in [-0.4, -0.2) is 84.2 Å². The van der Waals surface area contributed by atoms with Crippen molar-refractivity contribution in [1.29, 1.82) is 0 Å². The first-order valence-electron chi connectivity index (χ1n) is 15.4. The van der Waals surface area contributed by atoms with Gasteiger partial charge in [-0.25, -0.2) is 49.1 Å². The standard InChI is InChI=1S/C36H18N8O8/c45-33(46)21-19-20(22(34(47)48)24(36(51)52)23(21)35(49)50)32-43-30-18-12-6-4-10-16(18)28(41-30)39-26-14-8-2-1-7-13(14)25(37-26)38-27-15-9-3-5-11-17(15)29(40-27)42-31(19)44-32/h1-12H,(H,45,46)(H,47,48)(H,49,50)(H,51,52)(H2,37,38,39,40,41,42,43,44). The van der Waals surface area contributed by atoms with Crippen molar-refractivity contribution >= 4 is 68.0 Å². The van der Waals surface area contributed by atoms with Gasteiger partial charge in [0.25, 0.3) is 0 Å². The zero-order valence-electron chi connectivity index (χ0n) is 26.0. The molecule has 0 unspecified atom stereocenters. The van der Waals surface area contributed by atoms with Crippen LogP contribution in [-0.2, 0) is 0 Å². The van der Waals surface area contributed by atoms with Crippen LogP contribution in [0.15, 0.2) is 72.8 Å². The summed E-state index contributed by atoms with van der Waals surface area (Å²) < 4.78 is 0. The molecule has 3 aromatic heterocycles. The Kier molecular flexibility index (Phi) is 6.28. The number of fused-ring (bicyclic) bond motifs is 20. The third-order valence-corrected chi connectivity index (χ3v) is 8.85. The lowest BCUT2D eigenvalue weighted by molar-refractivity contribution is 0.0622. The van der Waals surface area contributed by atoms with Gasteiger partial charge in [-0.1, -0.05) is 72.8 Å². The van der Waals surface area contributed by atoms with Gasteiger partial charge in [0.05, 0.1) is 22.3 Å². The maximum Gasteiger partial charge on any atom is 0.337 e. The van der Waals surface area contributed by atoms with Crippen LogP contribution in [0.4, 0.5) is 0 Å². The molecule has 2 aliphatic heterocycles. The summed E-state index contributed by atoms with van der Waals surface area (Å²) in [6.45, 7) is 0. The van der Waals surface area contributed by atoms with E-state index in [1.165, 1.54) is 0 Å².